The molecule has 70 heavy (non-hydrogen) atoms. The molecule has 1 atom stereocenters. The molecule has 0 bridgehead atoms. The number of hydrogen-bond donors (Lipinski definition) is 0. The minimum atomic E-state index is -0.818. The maximum atomic E-state index is 12.8. The molecule has 0 rings (SSSR count). The third-order valence-corrected chi connectivity index (χ3v) is 11.7. The topological polar surface area (TPSA) is 78.9 Å². The van der Waals surface area contributed by atoms with Crippen molar-refractivity contribution >= 4 is 17.9 Å². The van der Waals surface area contributed by atoms with Crippen LogP contribution in [0.25, 0.3) is 0 Å². The van der Waals surface area contributed by atoms with Gasteiger partial charge < -0.3 is 14.2 Å². The van der Waals surface area contributed by atoms with Gasteiger partial charge in [-0.2, -0.15) is 0 Å². The van der Waals surface area contributed by atoms with Gasteiger partial charge in [0.2, 0.25) is 0 Å². The largest absolute Gasteiger partial charge is 0.462 e. The van der Waals surface area contributed by atoms with E-state index in [-0.39, 0.29) is 37.5 Å². The Hall–Kier alpha value is -4.19. The molecule has 0 saturated heterocycles. The SMILES string of the molecule is CC/C=C\C/C=C\C/C=C\CCCCCCCCCCCC(=O)OCC(COC(=O)CCCCCCCC/C=C\C/C=C\C/C=C\CC)OC(=O)CCC/C=C\C/C=C\C/C=C\C/C=C\CCCCC. The number of carbonyl (C=O) groups excluding carboxylic acids is 3. The van der Waals surface area contributed by atoms with Crippen molar-refractivity contribution < 1.29 is 28.6 Å². The highest BCUT2D eigenvalue weighted by atomic mass is 16.6. The normalized spacial score (nSPS) is 13.0. The first-order valence-corrected chi connectivity index (χ1v) is 28.5. The van der Waals surface area contributed by atoms with Gasteiger partial charge in [-0.25, -0.2) is 0 Å². The van der Waals surface area contributed by atoms with Gasteiger partial charge in [0, 0.05) is 19.3 Å². The van der Waals surface area contributed by atoms with Crippen LogP contribution in [0.3, 0.4) is 0 Å². The summed E-state index contributed by atoms with van der Waals surface area (Å²) in [4.78, 5) is 38.2. The van der Waals surface area contributed by atoms with E-state index in [4.69, 9.17) is 14.2 Å². The van der Waals surface area contributed by atoms with E-state index in [0.29, 0.717) is 19.3 Å². The van der Waals surface area contributed by atoms with E-state index in [0.717, 1.165) is 122 Å². The number of ether oxygens (including phenoxy) is 3. The van der Waals surface area contributed by atoms with Crippen molar-refractivity contribution in [3.05, 3.63) is 122 Å². The Balaban J connectivity index is 4.50. The maximum Gasteiger partial charge on any atom is 0.306 e. The Morgan fingerprint density at radius 2 is 0.571 bits per heavy atom. The zero-order chi connectivity index (χ0) is 50.7. The van der Waals surface area contributed by atoms with Gasteiger partial charge in [0.25, 0.3) is 0 Å². The van der Waals surface area contributed by atoms with Crippen molar-refractivity contribution in [3.63, 3.8) is 0 Å². The molecule has 6 heteroatoms. The first-order valence-electron chi connectivity index (χ1n) is 28.5. The van der Waals surface area contributed by atoms with Crippen molar-refractivity contribution in [1.29, 1.82) is 0 Å². The average Bonchev–Trinajstić information content (AvgIpc) is 3.36. The standard InChI is InChI=1S/C64H104O6/c1-4-7-10-13-16-19-22-25-28-31-32-34-36-39-42-45-48-51-54-57-63(66)69-60-61(59-68-62(65)56-53-50-47-44-41-38-35-30-27-24-21-18-15-12-9-6-3)70-64(67)58-55-52-49-46-43-40-37-33-29-26-23-20-17-14-11-8-5-2/h7,9-10,12,16-21,25-30,37,40,46,49,61H,4-6,8,11,13-15,22-24,31-36,38-39,41-45,47-48,50-60H2,1-3H3/b10-7-,12-9-,19-16-,20-17-,21-18-,28-25-,29-26-,30-27-,40-37-,49-46-. The summed E-state index contributed by atoms with van der Waals surface area (Å²) in [7, 11) is 0. The zero-order valence-corrected chi connectivity index (χ0v) is 45.2. The summed E-state index contributed by atoms with van der Waals surface area (Å²) < 4.78 is 16.8. The molecule has 0 fully saturated rings. The van der Waals surface area contributed by atoms with E-state index in [1.807, 2.05) is 0 Å². The molecule has 0 aromatic rings. The van der Waals surface area contributed by atoms with Gasteiger partial charge in [-0.1, -0.05) is 226 Å². The molecule has 0 amide bonds. The fraction of sp³-hybridized carbons (Fsp3) is 0.641. The molecular weight excluding hydrogens is 865 g/mol. The third kappa shape index (κ3) is 54.7. The summed E-state index contributed by atoms with van der Waals surface area (Å²) in [6, 6.07) is 0. The van der Waals surface area contributed by atoms with Crippen LogP contribution >= 0.6 is 0 Å². The zero-order valence-electron chi connectivity index (χ0n) is 45.2. The Morgan fingerprint density at radius 1 is 0.300 bits per heavy atom. The summed E-state index contributed by atoms with van der Waals surface area (Å²) in [5.74, 6) is -0.987. The first-order chi connectivity index (χ1) is 34.5. The van der Waals surface area contributed by atoms with E-state index in [1.165, 1.54) is 77.0 Å². The lowest BCUT2D eigenvalue weighted by Crippen LogP contribution is -2.30. The van der Waals surface area contributed by atoms with E-state index in [1.54, 1.807) is 0 Å². The molecule has 6 nitrogen and oxygen atoms in total. The molecule has 0 aliphatic carbocycles. The lowest BCUT2D eigenvalue weighted by atomic mass is 10.1. The first kappa shape index (κ1) is 65.8. The molecule has 396 valence electrons. The molecular formula is C64H104O6. The van der Waals surface area contributed by atoms with Gasteiger partial charge in [-0.15, -0.1) is 0 Å². The van der Waals surface area contributed by atoms with Crippen LogP contribution in [0, 0.1) is 0 Å². The number of carbonyl (C=O) groups is 3. The monoisotopic (exact) mass is 969 g/mol. The molecule has 0 spiro atoms. The Morgan fingerprint density at radius 3 is 0.914 bits per heavy atom. The number of unbranched alkanes of at least 4 members (excludes halogenated alkanes) is 19. The van der Waals surface area contributed by atoms with Crippen LogP contribution in [0.4, 0.5) is 0 Å². The minimum Gasteiger partial charge on any atom is -0.462 e. The van der Waals surface area contributed by atoms with Crippen molar-refractivity contribution in [3.8, 4) is 0 Å². The second-order valence-corrected chi connectivity index (χ2v) is 18.4. The molecule has 0 heterocycles. The number of rotatable bonds is 50. The molecule has 1 unspecified atom stereocenters. The van der Waals surface area contributed by atoms with Crippen LogP contribution in [0.1, 0.15) is 245 Å². The molecule has 0 aliphatic rings. The van der Waals surface area contributed by atoms with Gasteiger partial charge in [0.15, 0.2) is 6.10 Å². The predicted molar refractivity (Wildman–Crippen MR) is 302 cm³/mol. The maximum absolute atomic E-state index is 12.8. The van der Waals surface area contributed by atoms with Gasteiger partial charge >= 0.3 is 17.9 Å². The summed E-state index contributed by atoms with van der Waals surface area (Å²) in [5, 5.41) is 0. The van der Waals surface area contributed by atoms with E-state index in [9.17, 15) is 14.4 Å². The third-order valence-electron chi connectivity index (χ3n) is 11.7. The average molecular weight is 970 g/mol. The van der Waals surface area contributed by atoms with Crippen LogP contribution in [0.15, 0.2) is 122 Å². The van der Waals surface area contributed by atoms with Gasteiger partial charge in [0.05, 0.1) is 0 Å². The number of allylic oxidation sites excluding steroid dienone is 20. The highest BCUT2D eigenvalue weighted by Gasteiger charge is 2.19. The van der Waals surface area contributed by atoms with Crippen molar-refractivity contribution in [2.45, 2.75) is 252 Å². The number of hydrogen-bond acceptors (Lipinski definition) is 6. The lowest BCUT2D eigenvalue weighted by Gasteiger charge is -2.18. The second-order valence-electron chi connectivity index (χ2n) is 18.4. The Kier molecular flexibility index (Phi) is 54.0. The fourth-order valence-corrected chi connectivity index (χ4v) is 7.46. The lowest BCUT2D eigenvalue weighted by molar-refractivity contribution is -0.167. The van der Waals surface area contributed by atoms with Gasteiger partial charge in [-0.05, 0) is 122 Å². The Bertz CT molecular complexity index is 1490. The van der Waals surface area contributed by atoms with Crippen LogP contribution in [0.2, 0.25) is 0 Å². The Labute approximate surface area is 431 Å². The molecule has 0 aromatic heterocycles. The second kappa shape index (κ2) is 57.4. The van der Waals surface area contributed by atoms with E-state index < -0.39 is 6.10 Å². The molecule has 0 aromatic carbocycles. The van der Waals surface area contributed by atoms with Crippen LogP contribution < -0.4 is 0 Å². The van der Waals surface area contributed by atoms with E-state index in [2.05, 4.69) is 142 Å². The fourth-order valence-electron chi connectivity index (χ4n) is 7.46. The summed E-state index contributed by atoms with van der Waals surface area (Å²) in [6.45, 7) is 6.33. The summed E-state index contributed by atoms with van der Waals surface area (Å²) in [6.07, 6.45) is 79.0. The summed E-state index contributed by atoms with van der Waals surface area (Å²) >= 11 is 0. The summed E-state index contributed by atoms with van der Waals surface area (Å²) in [5.41, 5.74) is 0. The molecule has 0 radical (unpaired) electrons. The highest BCUT2D eigenvalue weighted by molar-refractivity contribution is 5.71. The van der Waals surface area contributed by atoms with Crippen LogP contribution in [0.5, 0.6) is 0 Å². The highest BCUT2D eigenvalue weighted by Crippen LogP contribution is 2.14. The van der Waals surface area contributed by atoms with Crippen molar-refractivity contribution in [1.82, 2.24) is 0 Å². The quantitative estimate of drug-likeness (QED) is 0.0262. The van der Waals surface area contributed by atoms with Gasteiger partial charge in [-0.3, -0.25) is 14.4 Å². The van der Waals surface area contributed by atoms with Crippen LogP contribution in [-0.4, -0.2) is 37.2 Å². The van der Waals surface area contributed by atoms with Crippen molar-refractivity contribution in [2.24, 2.45) is 0 Å². The minimum absolute atomic E-state index is 0.110. The smallest absolute Gasteiger partial charge is 0.306 e. The van der Waals surface area contributed by atoms with Crippen molar-refractivity contribution in [2.75, 3.05) is 13.2 Å². The van der Waals surface area contributed by atoms with Crippen LogP contribution in [-0.2, 0) is 28.6 Å². The van der Waals surface area contributed by atoms with Gasteiger partial charge in [0.1, 0.15) is 13.2 Å². The number of esters is 3. The molecule has 0 N–H and O–H groups in total. The molecule has 0 saturated carbocycles. The molecule has 0 aliphatic heterocycles. The predicted octanol–water partition coefficient (Wildman–Crippen LogP) is 19.3. The van der Waals surface area contributed by atoms with E-state index >= 15 is 0 Å².